The summed E-state index contributed by atoms with van der Waals surface area (Å²) in [5.41, 5.74) is -0.00281. The van der Waals surface area contributed by atoms with Crippen molar-refractivity contribution >= 4 is 33.6 Å². The van der Waals surface area contributed by atoms with Crippen molar-refractivity contribution in [2.75, 3.05) is 44.2 Å². The lowest BCUT2D eigenvalue weighted by atomic mass is 10.0. The SMILES string of the molecule is N#CC1(NC(=O)CN2CCN(Cc3ccc(Br)cc3F)CC2)CCSC1. The summed E-state index contributed by atoms with van der Waals surface area (Å²) in [6, 6.07) is 7.42. The molecule has 5 nitrogen and oxygen atoms in total. The van der Waals surface area contributed by atoms with E-state index in [2.05, 4.69) is 37.1 Å². The van der Waals surface area contributed by atoms with E-state index in [1.54, 1.807) is 17.8 Å². The lowest BCUT2D eigenvalue weighted by molar-refractivity contribution is -0.123. The van der Waals surface area contributed by atoms with Gasteiger partial charge in [-0.3, -0.25) is 14.6 Å². The second-order valence-corrected chi connectivity index (χ2v) is 8.85. The van der Waals surface area contributed by atoms with E-state index < -0.39 is 5.54 Å². The van der Waals surface area contributed by atoms with Crippen LogP contribution in [0.1, 0.15) is 12.0 Å². The zero-order valence-corrected chi connectivity index (χ0v) is 16.9. The van der Waals surface area contributed by atoms with E-state index in [1.165, 1.54) is 6.07 Å². The molecule has 140 valence electrons. The number of hydrogen-bond donors (Lipinski definition) is 1. The summed E-state index contributed by atoms with van der Waals surface area (Å²) in [6.07, 6.45) is 0.715. The van der Waals surface area contributed by atoms with Crippen molar-refractivity contribution < 1.29 is 9.18 Å². The van der Waals surface area contributed by atoms with Gasteiger partial charge in [-0.2, -0.15) is 17.0 Å². The second kappa shape index (κ2) is 8.70. The number of carbonyl (C=O) groups excluding carboxylic acids is 1. The van der Waals surface area contributed by atoms with Crippen LogP contribution in [0.4, 0.5) is 4.39 Å². The van der Waals surface area contributed by atoms with Crippen LogP contribution in [0.2, 0.25) is 0 Å². The normalized spacial score (nSPS) is 24.3. The van der Waals surface area contributed by atoms with Gasteiger partial charge < -0.3 is 5.32 Å². The van der Waals surface area contributed by atoms with E-state index in [1.807, 2.05) is 6.07 Å². The van der Waals surface area contributed by atoms with Crippen molar-refractivity contribution in [3.05, 3.63) is 34.1 Å². The van der Waals surface area contributed by atoms with Crippen LogP contribution < -0.4 is 5.32 Å². The van der Waals surface area contributed by atoms with Crippen LogP contribution >= 0.6 is 27.7 Å². The molecule has 26 heavy (non-hydrogen) atoms. The minimum Gasteiger partial charge on any atom is -0.336 e. The minimum absolute atomic E-state index is 0.0820. The monoisotopic (exact) mass is 440 g/mol. The molecular weight excluding hydrogens is 419 g/mol. The van der Waals surface area contributed by atoms with E-state index in [0.29, 0.717) is 30.8 Å². The van der Waals surface area contributed by atoms with E-state index in [-0.39, 0.29) is 11.7 Å². The van der Waals surface area contributed by atoms with Gasteiger partial charge in [0.1, 0.15) is 11.4 Å². The van der Waals surface area contributed by atoms with Crippen molar-refractivity contribution in [3.8, 4) is 6.07 Å². The molecular formula is C18H22BrFN4OS. The third-order valence-electron chi connectivity index (χ3n) is 4.86. The summed E-state index contributed by atoms with van der Waals surface area (Å²) < 4.78 is 14.7. The summed E-state index contributed by atoms with van der Waals surface area (Å²) in [5, 5.41) is 12.3. The van der Waals surface area contributed by atoms with Gasteiger partial charge in [0.25, 0.3) is 0 Å². The number of nitrogens with one attached hydrogen (secondary N) is 1. The van der Waals surface area contributed by atoms with Gasteiger partial charge in [-0.1, -0.05) is 22.0 Å². The number of thioether (sulfide) groups is 1. The number of nitriles is 1. The lowest BCUT2D eigenvalue weighted by Gasteiger charge is -2.35. The van der Waals surface area contributed by atoms with E-state index in [0.717, 1.165) is 36.4 Å². The van der Waals surface area contributed by atoms with Gasteiger partial charge in [0.05, 0.1) is 12.6 Å². The molecule has 0 radical (unpaired) electrons. The van der Waals surface area contributed by atoms with Crippen molar-refractivity contribution in [1.82, 2.24) is 15.1 Å². The Bertz CT molecular complexity index is 697. The molecule has 2 saturated heterocycles. The third kappa shape index (κ3) is 4.97. The first-order valence-electron chi connectivity index (χ1n) is 8.68. The quantitative estimate of drug-likeness (QED) is 0.760. The van der Waals surface area contributed by atoms with Gasteiger partial charge in [0.15, 0.2) is 0 Å². The number of halogens is 2. The molecule has 2 aliphatic heterocycles. The predicted molar refractivity (Wildman–Crippen MR) is 104 cm³/mol. The maximum absolute atomic E-state index is 14.0. The van der Waals surface area contributed by atoms with Crippen LogP contribution in [-0.2, 0) is 11.3 Å². The zero-order chi connectivity index (χ0) is 18.6. The topological polar surface area (TPSA) is 59.4 Å². The van der Waals surface area contributed by atoms with Crippen molar-refractivity contribution in [1.29, 1.82) is 5.26 Å². The summed E-state index contributed by atoms with van der Waals surface area (Å²) in [6.45, 7) is 4.01. The molecule has 2 aliphatic rings. The molecule has 1 aromatic carbocycles. The molecule has 1 atom stereocenters. The Balaban J connectivity index is 1.45. The minimum atomic E-state index is -0.692. The highest BCUT2D eigenvalue weighted by atomic mass is 79.9. The lowest BCUT2D eigenvalue weighted by Crippen LogP contribution is -2.53. The zero-order valence-electron chi connectivity index (χ0n) is 14.5. The highest BCUT2D eigenvalue weighted by molar-refractivity contribution is 9.10. The summed E-state index contributed by atoms with van der Waals surface area (Å²) >= 11 is 4.98. The average Bonchev–Trinajstić information content (AvgIpc) is 3.08. The first-order valence-corrected chi connectivity index (χ1v) is 10.6. The molecule has 2 fully saturated rings. The van der Waals surface area contributed by atoms with E-state index >= 15 is 0 Å². The Morgan fingerprint density at radius 2 is 2.08 bits per heavy atom. The second-order valence-electron chi connectivity index (χ2n) is 6.83. The maximum Gasteiger partial charge on any atom is 0.235 e. The van der Waals surface area contributed by atoms with Crippen LogP contribution in [0, 0.1) is 17.1 Å². The fourth-order valence-corrected chi connectivity index (χ4v) is 4.89. The predicted octanol–water partition coefficient (Wildman–Crippen LogP) is 2.22. The van der Waals surface area contributed by atoms with Gasteiger partial charge in [-0.05, 0) is 24.3 Å². The van der Waals surface area contributed by atoms with Gasteiger partial charge in [-0.25, -0.2) is 4.39 Å². The molecule has 2 heterocycles. The highest BCUT2D eigenvalue weighted by Gasteiger charge is 2.36. The number of carbonyl (C=O) groups is 1. The fourth-order valence-electron chi connectivity index (χ4n) is 3.29. The van der Waals surface area contributed by atoms with Gasteiger partial charge in [0.2, 0.25) is 5.91 Å². The first kappa shape index (κ1) is 19.6. The average molecular weight is 441 g/mol. The standard InChI is InChI=1S/C18H22BrFN4OS/c19-15-2-1-14(16(20)9-15)10-23-4-6-24(7-5-23)11-17(25)22-18(12-21)3-8-26-13-18/h1-2,9H,3-8,10-11,13H2,(H,22,25). The number of benzene rings is 1. The summed E-state index contributed by atoms with van der Waals surface area (Å²) in [5.74, 6) is 1.31. The van der Waals surface area contributed by atoms with Crippen LogP contribution in [0.25, 0.3) is 0 Å². The Hall–Kier alpha value is -1.14. The van der Waals surface area contributed by atoms with Crippen molar-refractivity contribution in [2.45, 2.75) is 18.5 Å². The van der Waals surface area contributed by atoms with Crippen LogP contribution in [0.15, 0.2) is 22.7 Å². The number of hydrogen-bond acceptors (Lipinski definition) is 5. The van der Waals surface area contributed by atoms with Crippen LogP contribution in [-0.4, -0.2) is 65.5 Å². The van der Waals surface area contributed by atoms with Crippen LogP contribution in [0.3, 0.4) is 0 Å². The van der Waals surface area contributed by atoms with Gasteiger partial charge in [-0.15, -0.1) is 0 Å². The number of amides is 1. The third-order valence-corrected chi connectivity index (χ3v) is 6.54. The molecule has 1 amide bonds. The maximum atomic E-state index is 14.0. The number of rotatable bonds is 5. The van der Waals surface area contributed by atoms with Gasteiger partial charge in [0, 0.05) is 48.5 Å². The largest absolute Gasteiger partial charge is 0.336 e. The fraction of sp³-hybridized carbons (Fsp3) is 0.556. The van der Waals surface area contributed by atoms with Crippen molar-refractivity contribution in [2.24, 2.45) is 0 Å². The number of piperazine rings is 1. The molecule has 1 aromatic rings. The summed E-state index contributed by atoms with van der Waals surface area (Å²) in [7, 11) is 0. The highest BCUT2D eigenvalue weighted by Crippen LogP contribution is 2.27. The molecule has 0 spiro atoms. The molecule has 1 N–H and O–H groups in total. The molecule has 1 unspecified atom stereocenters. The molecule has 3 rings (SSSR count). The van der Waals surface area contributed by atoms with E-state index in [9.17, 15) is 14.4 Å². The smallest absolute Gasteiger partial charge is 0.235 e. The molecule has 0 aliphatic carbocycles. The molecule has 8 heteroatoms. The Kier molecular flexibility index (Phi) is 6.56. The summed E-state index contributed by atoms with van der Waals surface area (Å²) in [4.78, 5) is 16.6. The number of nitrogens with zero attached hydrogens (tertiary/aromatic N) is 3. The van der Waals surface area contributed by atoms with Gasteiger partial charge >= 0.3 is 0 Å². The molecule has 0 bridgehead atoms. The Morgan fingerprint density at radius 1 is 1.35 bits per heavy atom. The van der Waals surface area contributed by atoms with Crippen LogP contribution in [0.5, 0.6) is 0 Å². The first-order chi connectivity index (χ1) is 12.5. The van der Waals surface area contributed by atoms with Crippen molar-refractivity contribution in [3.63, 3.8) is 0 Å². The van der Waals surface area contributed by atoms with E-state index in [4.69, 9.17) is 0 Å². The molecule has 0 saturated carbocycles. The Labute approximate surface area is 166 Å². The Morgan fingerprint density at radius 3 is 2.69 bits per heavy atom. The molecule has 0 aromatic heterocycles.